The Kier molecular flexibility index (Phi) is 5.81. The first kappa shape index (κ1) is 16.0. The average Bonchev–Trinajstić information content (AvgIpc) is 2.47. The number of hydrogen-bond acceptors (Lipinski definition) is 5. The molecule has 116 valence electrons. The van der Waals surface area contributed by atoms with Gasteiger partial charge in [0.05, 0.1) is 18.5 Å². The number of carbonyl (C=O) groups is 1. The van der Waals surface area contributed by atoms with Gasteiger partial charge < -0.3 is 14.6 Å². The Bertz CT molecular complexity index is 541. The third-order valence-electron chi connectivity index (χ3n) is 3.24. The molecule has 0 saturated carbocycles. The first-order valence-corrected chi connectivity index (χ1v) is 8.11. The number of ether oxygens (including phenoxy) is 1. The zero-order valence-electron chi connectivity index (χ0n) is 12.4. The number of nitrogens with zero attached hydrogens (tertiary/aromatic N) is 2. The van der Waals surface area contributed by atoms with E-state index in [0.29, 0.717) is 31.5 Å². The Morgan fingerprint density at radius 1 is 1.52 bits per heavy atom. The van der Waals surface area contributed by atoms with Crippen LogP contribution < -0.4 is 5.56 Å². The molecular formula is C14H21N3O3S. The quantitative estimate of drug-likeness (QED) is 0.650. The summed E-state index contributed by atoms with van der Waals surface area (Å²) >= 11 is 1.30. The SMILES string of the molecule is CCCc1cc(=O)[nH]c(S[C@@H](C)C(=O)N2CCOCC2)n1. The maximum absolute atomic E-state index is 12.3. The fraction of sp³-hybridized carbons (Fsp3) is 0.643. The summed E-state index contributed by atoms with van der Waals surface area (Å²) in [5, 5.41) is 0.239. The molecule has 1 aliphatic rings. The van der Waals surface area contributed by atoms with E-state index in [4.69, 9.17) is 4.74 Å². The molecule has 2 heterocycles. The molecule has 0 unspecified atom stereocenters. The molecule has 21 heavy (non-hydrogen) atoms. The van der Waals surface area contributed by atoms with E-state index >= 15 is 0 Å². The fourth-order valence-corrected chi connectivity index (χ4v) is 3.10. The van der Waals surface area contributed by atoms with Crippen LogP contribution in [-0.4, -0.2) is 52.3 Å². The standard InChI is InChI=1S/C14H21N3O3S/c1-3-4-11-9-12(18)16-14(15-11)21-10(2)13(19)17-5-7-20-8-6-17/h9-10H,3-8H2,1-2H3,(H,15,16,18)/t10-/m0/s1. The molecule has 6 nitrogen and oxygen atoms in total. The van der Waals surface area contributed by atoms with E-state index in [9.17, 15) is 9.59 Å². The van der Waals surface area contributed by atoms with Gasteiger partial charge in [-0.25, -0.2) is 4.98 Å². The number of H-pyrrole nitrogens is 1. The molecule has 0 bridgehead atoms. The monoisotopic (exact) mass is 311 g/mol. The van der Waals surface area contributed by atoms with Crippen LogP contribution in [-0.2, 0) is 16.0 Å². The van der Waals surface area contributed by atoms with E-state index < -0.39 is 0 Å². The number of thioether (sulfide) groups is 1. The Hall–Kier alpha value is -1.34. The van der Waals surface area contributed by atoms with E-state index in [0.717, 1.165) is 18.5 Å². The van der Waals surface area contributed by atoms with Gasteiger partial charge in [0.15, 0.2) is 5.16 Å². The van der Waals surface area contributed by atoms with Gasteiger partial charge in [-0.05, 0) is 13.3 Å². The van der Waals surface area contributed by atoms with E-state index in [1.54, 1.807) is 4.90 Å². The molecule has 1 fully saturated rings. The molecule has 1 amide bonds. The second-order valence-electron chi connectivity index (χ2n) is 4.99. The lowest BCUT2D eigenvalue weighted by molar-refractivity contribution is -0.134. The van der Waals surface area contributed by atoms with E-state index in [1.807, 2.05) is 13.8 Å². The van der Waals surface area contributed by atoms with Gasteiger partial charge in [-0.15, -0.1) is 0 Å². The predicted octanol–water partition coefficient (Wildman–Crippen LogP) is 1.06. The first-order chi connectivity index (χ1) is 10.1. The topological polar surface area (TPSA) is 75.3 Å². The lowest BCUT2D eigenvalue weighted by Crippen LogP contribution is -2.44. The molecule has 0 radical (unpaired) electrons. The van der Waals surface area contributed by atoms with E-state index in [-0.39, 0.29) is 16.7 Å². The largest absolute Gasteiger partial charge is 0.378 e. The van der Waals surface area contributed by atoms with Gasteiger partial charge in [0.1, 0.15) is 0 Å². The van der Waals surface area contributed by atoms with Crippen LogP contribution in [0.5, 0.6) is 0 Å². The van der Waals surface area contributed by atoms with Gasteiger partial charge in [0.25, 0.3) is 5.56 Å². The number of aryl methyl sites for hydroxylation is 1. The van der Waals surface area contributed by atoms with Crippen molar-refractivity contribution in [3.05, 3.63) is 22.1 Å². The van der Waals surface area contributed by atoms with Crippen molar-refractivity contribution in [1.82, 2.24) is 14.9 Å². The van der Waals surface area contributed by atoms with Gasteiger partial charge in [-0.2, -0.15) is 0 Å². The van der Waals surface area contributed by atoms with Crippen molar-refractivity contribution in [1.29, 1.82) is 0 Å². The summed E-state index contributed by atoms with van der Waals surface area (Å²) in [5.41, 5.74) is 0.608. The lowest BCUT2D eigenvalue weighted by Gasteiger charge is -2.28. The van der Waals surface area contributed by atoms with Crippen molar-refractivity contribution in [2.24, 2.45) is 0 Å². The summed E-state index contributed by atoms with van der Waals surface area (Å²) in [5.74, 6) is 0.0619. The minimum atomic E-state index is -0.275. The van der Waals surface area contributed by atoms with Crippen LogP contribution in [0.15, 0.2) is 16.0 Å². The van der Waals surface area contributed by atoms with Crippen LogP contribution in [0.3, 0.4) is 0 Å². The number of hydrogen-bond donors (Lipinski definition) is 1. The zero-order chi connectivity index (χ0) is 15.2. The van der Waals surface area contributed by atoms with Gasteiger partial charge in [0, 0.05) is 24.8 Å². The van der Waals surface area contributed by atoms with Crippen LogP contribution in [0.2, 0.25) is 0 Å². The molecule has 1 N–H and O–H groups in total. The van der Waals surface area contributed by atoms with Crippen molar-refractivity contribution in [2.75, 3.05) is 26.3 Å². The second kappa shape index (κ2) is 7.61. The number of aromatic nitrogens is 2. The maximum Gasteiger partial charge on any atom is 0.251 e. The molecule has 1 saturated heterocycles. The van der Waals surface area contributed by atoms with Crippen molar-refractivity contribution in [3.63, 3.8) is 0 Å². The van der Waals surface area contributed by atoms with E-state index in [2.05, 4.69) is 9.97 Å². The second-order valence-corrected chi connectivity index (χ2v) is 6.32. The zero-order valence-corrected chi connectivity index (χ0v) is 13.2. The van der Waals surface area contributed by atoms with Gasteiger partial charge >= 0.3 is 0 Å². The molecule has 1 aliphatic heterocycles. The van der Waals surface area contributed by atoms with Gasteiger partial charge in [0.2, 0.25) is 5.91 Å². The smallest absolute Gasteiger partial charge is 0.251 e. The number of nitrogens with one attached hydrogen (secondary N) is 1. The minimum Gasteiger partial charge on any atom is -0.378 e. The van der Waals surface area contributed by atoms with Crippen LogP contribution in [0, 0.1) is 0 Å². The Labute approximate surface area is 128 Å². The molecule has 2 rings (SSSR count). The van der Waals surface area contributed by atoms with Gasteiger partial charge in [-0.3, -0.25) is 9.59 Å². The number of rotatable bonds is 5. The number of morpholine rings is 1. The molecule has 0 aliphatic carbocycles. The third kappa shape index (κ3) is 4.57. The highest BCUT2D eigenvalue weighted by atomic mass is 32.2. The van der Waals surface area contributed by atoms with Crippen molar-refractivity contribution in [3.8, 4) is 0 Å². The number of carbonyl (C=O) groups excluding carboxylic acids is 1. The first-order valence-electron chi connectivity index (χ1n) is 7.23. The molecule has 1 aromatic rings. The van der Waals surface area contributed by atoms with Crippen molar-refractivity contribution >= 4 is 17.7 Å². The minimum absolute atomic E-state index is 0.0619. The molecule has 0 aromatic carbocycles. The summed E-state index contributed by atoms with van der Waals surface area (Å²) in [6, 6.07) is 1.52. The molecule has 1 aromatic heterocycles. The van der Waals surface area contributed by atoms with Crippen molar-refractivity contribution < 1.29 is 9.53 Å². The van der Waals surface area contributed by atoms with Gasteiger partial charge in [-0.1, -0.05) is 25.1 Å². The highest BCUT2D eigenvalue weighted by molar-refractivity contribution is 8.00. The van der Waals surface area contributed by atoms with Crippen LogP contribution in [0.25, 0.3) is 0 Å². The summed E-state index contributed by atoms with van der Waals surface area (Å²) in [7, 11) is 0. The van der Waals surface area contributed by atoms with Crippen LogP contribution >= 0.6 is 11.8 Å². The molecule has 0 spiro atoms. The summed E-state index contributed by atoms with van der Waals surface area (Å²) in [4.78, 5) is 32.8. The average molecular weight is 311 g/mol. The Morgan fingerprint density at radius 3 is 2.90 bits per heavy atom. The highest BCUT2D eigenvalue weighted by Gasteiger charge is 2.23. The van der Waals surface area contributed by atoms with Crippen molar-refractivity contribution in [2.45, 2.75) is 37.1 Å². The third-order valence-corrected chi connectivity index (χ3v) is 4.21. The summed E-state index contributed by atoms with van der Waals surface area (Å²) in [6.07, 6.45) is 1.70. The molecule has 7 heteroatoms. The highest BCUT2D eigenvalue weighted by Crippen LogP contribution is 2.21. The number of amides is 1. The van der Waals surface area contributed by atoms with Crippen LogP contribution in [0.4, 0.5) is 0 Å². The summed E-state index contributed by atoms with van der Waals surface area (Å²) in [6.45, 7) is 6.32. The molecular weight excluding hydrogens is 290 g/mol. The lowest BCUT2D eigenvalue weighted by atomic mass is 10.2. The Morgan fingerprint density at radius 2 is 2.24 bits per heavy atom. The number of aromatic amines is 1. The summed E-state index contributed by atoms with van der Waals surface area (Å²) < 4.78 is 5.25. The van der Waals surface area contributed by atoms with E-state index in [1.165, 1.54) is 17.8 Å². The normalized spacial score (nSPS) is 16.8. The fourth-order valence-electron chi connectivity index (χ4n) is 2.18. The maximum atomic E-state index is 12.3. The molecule has 1 atom stereocenters. The van der Waals surface area contributed by atoms with Crippen LogP contribution in [0.1, 0.15) is 26.0 Å². The Balaban J connectivity index is 2.02. The predicted molar refractivity (Wildman–Crippen MR) is 81.6 cm³/mol.